The topological polar surface area (TPSA) is 69.6 Å². The highest BCUT2D eigenvalue weighted by molar-refractivity contribution is 5.49. The van der Waals surface area contributed by atoms with Crippen LogP contribution in [0, 0.1) is 27.7 Å². The SMILES string of the molecule is Cc1cc(-n2nc(C)c(N)c2C)nc(C)n1. The summed E-state index contributed by atoms with van der Waals surface area (Å²) < 4.78 is 1.76. The average Bonchev–Trinajstić information content (AvgIpc) is 2.44. The number of nitrogens with zero attached hydrogens (tertiary/aromatic N) is 4. The van der Waals surface area contributed by atoms with Crippen LogP contribution in [0.3, 0.4) is 0 Å². The van der Waals surface area contributed by atoms with Crippen LogP contribution in [0.2, 0.25) is 0 Å². The first-order valence-corrected chi connectivity index (χ1v) is 5.13. The number of nitrogen functional groups attached to an aromatic ring is 1. The zero-order valence-electron chi connectivity index (χ0n) is 9.94. The third kappa shape index (κ3) is 1.64. The molecular formula is C11H15N5. The highest BCUT2D eigenvalue weighted by Gasteiger charge is 2.11. The molecule has 0 saturated carbocycles. The number of hydrogen-bond donors (Lipinski definition) is 1. The first kappa shape index (κ1) is 10.6. The second-order valence-corrected chi connectivity index (χ2v) is 3.91. The van der Waals surface area contributed by atoms with Gasteiger partial charge in [-0.15, -0.1) is 0 Å². The fourth-order valence-corrected chi connectivity index (χ4v) is 1.68. The quantitative estimate of drug-likeness (QED) is 0.785. The number of anilines is 1. The molecule has 0 amide bonds. The van der Waals surface area contributed by atoms with Gasteiger partial charge in [0.1, 0.15) is 5.82 Å². The molecular weight excluding hydrogens is 202 g/mol. The predicted molar refractivity (Wildman–Crippen MR) is 62.5 cm³/mol. The Hall–Kier alpha value is -1.91. The molecule has 0 radical (unpaired) electrons. The van der Waals surface area contributed by atoms with Crippen LogP contribution in [0.25, 0.3) is 5.82 Å². The molecule has 2 aromatic rings. The second-order valence-electron chi connectivity index (χ2n) is 3.91. The molecule has 5 heteroatoms. The van der Waals surface area contributed by atoms with E-state index in [1.54, 1.807) is 4.68 Å². The van der Waals surface area contributed by atoms with Gasteiger partial charge < -0.3 is 5.73 Å². The van der Waals surface area contributed by atoms with Crippen molar-refractivity contribution >= 4 is 5.69 Å². The molecule has 2 aromatic heterocycles. The van der Waals surface area contributed by atoms with E-state index in [0.29, 0.717) is 5.69 Å². The van der Waals surface area contributed by atoms with Crippen LogP contribution >= 0.6 is 0 Å². The van der Waals surface area contributed by atoms with E-state index in [-0.39, 0.29) is 0 Å². The Balaban J connectivity index is 2.62. The molecule has 0 aliphatic heterocycles. The molecule has 2 heterocycles. The molecule has 5 nitrogen and oxygen atoms in total. The Bertz CT molecular complexity index is 521. The van der Waals surface area contributed by atoms with E-state index in [0.717, 1.165) is 28.7 Å². The minimum atomic E-state index is 0.717. The summed E-state index contributed by atoms with van der Waals surface area (Å²) >= 11 is 0. The smallest absolute Gasteiger partial charge is 0.157 e. The largest absolute Gasteiger partial charge is 0.396 e. The molecule has 0 unspecified atom stereocenters. The van der Waals surface area contributed by atoms with Crippen molar-refractivity contribution in [2.45, 2.75) is 27.7 Å². The van der Waals surface area contributed by atoms with Crippen LogP contribution in [-0.2, 0) is 0 Å². The maximum atomic E-state index is 5.89. The average molecular weight is 217 g/mol. The summed E-state index contributed by atoms with van der Waals surface area (Å²) in [5, 5.41) is 4.36. The molecule has 0 saturated heterocycles. The van der Waals surface area contributed by atoms with E-state index in [9.17, 15) is 0 Å². The van der Waals surface area contributed by atoms with Gasteiger partial charge in [-0.25, -0.2) is 14.6 Å². The van der Waals surface area contributed by atoms with Crippen molar-refractivity contribution < 1.29 is 0 Å². The predicted octanol–water partition coefficient (Wildman–Crippen LogP) is 1.48. The monoisotopic (exact) mass is 217 g/mol. The van der Waals surface area contributed by atoms with E-state index in [1.807, 2.05) is 33.8 Å². The van der Waals surface area contributed by atoms with Gasteiger partial charge in [-0.3, -0.25) is 0 Å². The number of rotatable bonds is 1. The summed E-state index contributed by atoms with van der Waals surface area (Å²) in [6.07, 6.45) is 0. The Labute approximate surface area is 94.3 Å². The molecule has 0 aromatic carbocycles. The summed E-state index contributed by atoms with van der Waals surface area (Å²) in [6, 6.07) is 1.89. The fourth-order valence-electron chi connectivity index (χ4n) is 1.68. The first-order chi connectivity index (χ1) is 7.49. The van der Waals surface area contributed by atoms with Crippen molar-refractivity contribution in [2.24, 2.45) is 0 Å². The van der Waals surface area contributed by atoms with Gasteiger partial charge in [-0.1, -0.05) is 0 Å². The molecule has 0 aliphatic carbocycles. The Kier molecular flexibility index (Phi) is 2.38. The van der Waals surface area contributed by atoms with Gasteiger partial charge in [-0.05, 0) is 27.7 Å². The maximum absolute atomic E-state index is 5.89. The van der Waals surface area contributed by atoms with Gasteiger partial charge >= 0.3 is 0 Å². The van der Waals surface area contributed by atoms with Gasteiger partial charge in [0.15, 0.2) is 5.82 Å². The second kappa shape index (κ2) is 3.59. The number of nitrogens with two attached hydrogens (primary N) is 1. The Morgan fingerprint density at radius 2 is 1.81 bits per heavy atom. The van der Waals surface area contributed by atoms with Crippen molar-refractivity contribution in [1.82, 2.24) is 19.7 Å². The molecule has 0 fully saturated rings. The summed E-state index contributed by atoms with van der Waals surface area (Å²) in [7, 11) is 0. The van der Waals surface area contributed by atoms with Gasteiger partial charge in [0.05, 0.1) is 17.1 Å². The zero-order chi connectivity index (χ0) is 11.9. The molecule has 0 atom stereocenters. The van der Waals surface area contributed by atoms with Gasteiger partial charge in [0.25, 0.3) is 0 Å². The van der Waals surface area contributed by atoms with Crippen LogP contribution < -0.4 is 5.73 Å². The number of aromatic nitrogens is 4. The van der Waals surface area contributed by atoms with E-state index in [2.05, 4.69) is 15.1 Å². The normalized spacial score (nSPS) is 10.8. The first-order valence-electron chi connectivity index (χ1n) is 5.13. The lowest BCUT2D eigenvalue weighted by Gasteiger charge is -2.05. The van der Waals surface area contributed by atoms with Crippen LogP contribution in [0.15, 0.2) is 6.07 Å². The summed E-state index contributed by atoms with van der Waals surface area (Å²) in [5.41, 5.74) is 9.27. The molecule has 16 heavy (non-hydrogen) atoms. The van der Waals surface area contributed by atoms with Crippen molar-refractivity contribution in [2.75, 3.05) is 5.73 Å². The van der Waals surface area contributed by atoms with E-state index < -0.39 is 0 Å². The lowest BCUT2D eigenvalue weighted by atomic mass is 10.3. The molecule has 2 N–H and O–H groups in total. The third-order valence-electron chi connectivity index (χ3n) is 2.52. The van der Waals surface area contributed by atoms with Crippen LogP contribution in [0.4, 0.5) is 5.69 Å². The van der Waals surface area contributed by atoms with Gasteiger partial charge in [0, 0.05) is 11.8 Å². The summed E-state index contributed by atoms with van der Waals surface area (Å²) in [5.74, 6) is 1.50. The molecule has 0 spiro atoms. The van der Waals surface area contributed by atoms with Crippen LogP contribution in [0.1, 0.15) is 22.9 Å². The third-order valence-corrected chi connectivity index (χ3v) is 2.52. The lowest BCUT2D eigenvalue weighted by molar-refractivity contribution is 0.788. The minimum Gasteiger partial charge on any atom is -0.396 e. The molecule has 84 valence electrons. The standard InChI is InChI=1S/C11H15N5/c1-6-5-10(14-9(4)13-6)16-8(3)11(12)7(2)15-16/h5H,12H2,1-4H3. The lowest BCUT2D eigenvalue weighted by Crippen LogP contribution is -2.05. The van der Waals surface area contributed by atoms with Crippen LogP contribution in [-0.4, -0.2) is 19.7 Å². The summed E-state index contributed by atoms with van der Waals surface area (Å²) in [6.45, 7) is 7.63. The summed E-state index contributed by atoms with van der Waals surface area (Å²) in [4.78, 5) is 8.59. The molecule has 0 aliphatic rings. The van der Waals surface area contributed by atoms with Gasteiger partial charge in [-0.2, -0.15) is 5.10 Å². The van der Waals surface area contributed by atoms with E-state index in [4.69, 9.17) is 5.73 Å². The van der Waals surface area contributed by atoms with Crippen molar-refractivity contribution in [1.29, 1.82) is 0 Å². The van der Waals surface area contributed by atoms with E-state index >= 15 is 0 Å². The fraction of sp³-hybridized carbons (Fsp3) is 0.364. The van der Waals surface area contributed by atoms with Crippen LogP contribution in [0.5, 0.6) is 0 Å². The number of aryl methyl sites for hydroxylation is 3. The minimum absolute atomic E-state index is 0.717. The highest BCUT2D eigenvalue weighted by Crippen LogP contribution is 2.18. The van der Waals surface area contributed by atoms with Gasteiger partial charge in [0.2, 0.25) is 0 Å². The van der Waals surface area contributed by atoms with Crippen molar-refractivity contribution in [3.05, 3.63) is 29.0 Å². The highest BCUT2D eigenvalue weighted by atomic mass is 15.3. The zero-order valence-corrected chi connectivity index (χ0v) is 9.94. The molecule has 2 rings (SSSR count). The maximum Gasteiger partial charge on any atom is 0.157 e. The van der Waals surface area contributed by atoms with Crippen molar-refractivity contribution in [3.8, 4) is 5.82 Å². The van der Waals surface area contributed by atoms with E-state index in [1.165, 1.54) is 0 Å². The Morgan fingerprint density at radius 3 is 2.31 bits per heavy atom. The Morgan fingerprint density at radius 1 is 1.12 bits per heavy atom. The number of hydrogen-bond acceptors (Lipinski definition) is 4. The van der Waals surface area contributed by atoms with Crippen molar-refractivity contribution in [3.63, 3.8) is 0 Å². The molecule has 0 bridgehead atoms.